The summed E-state index contributed by atoms with van der Waals surface area (Å²) in [6, 6.07) is 1.89. The molecule has 0 aliphatic rings. The van der Waals surface area contributed by atoms with E-state index in [1.54, 1.807) is 6.92 Å². The second kappa shape index (κ2) is 5.03. The zero-order chi connectivity index (χ0) is 11.6. The third-order valence-electron chi connectivity index (χ3n) is 1.63. The van der Waals surface area contributed by atoms with Crippen LogP contribution >= 0.6 is 31.9 Å². The van der Waals surface area contributed by atoms with Crippen molar-refractivity contribution in [3.05, 3.63) is 28.2 Å². The molecule has 0 saturated carbocycles. The van der Waals surface area contributed by atoms with Crippen LogP contribution in [0.4, 0.5) is 14.5 Å². The van der Waals surface area contributed by atoms with Crippen molar-refractivity contribution in [2.24, 2.45) is 0 Å². The Kier molecular flexibility index (Phi) is 4.21. The van der Waals surface area contributed by atoms with E-state index in [9.17, 15) is 13.6 Å². The highest BCUT2D eigenvalue weighted by atomic mass is 79.9. The molecule has 1 aromatic carbocycles. The number of alkyl halides is 1. The lowest BCUT2D eigenvalue weighted by molar-refractivity contribution is -0.115. The van der Waals surface area contributed by atoms with Crippen LogP contribution in [0.15, 0.2) is 16.6 Å². The third kappa shape index (κ3) is 3.24. The summed E-state index contributed by atoms with van der Waals surface area (Å²) in [4.78, 5) is 10.7. The van der Waals surface area contributed by atoms with Gasteiger partial charge in [0.2, 0.25) is 5.91 Å². The minimum atomic E-state index is -0.690. The van der Waals surface area contributed by atoms with Crippen LogP contribution in [0.2, 0.25) is 0 Å². The van der Waals surface area contributed by atoms with E-state index in [1.807, 2.05) is 0 Å². The fraction of sp³-hybridized carbons (Fsp3) is 0.222. The Bertz CT molecular complexity index is 396. The lowest BCUT2D eigenvalue weighted by atomic mass is 10.3. The van der Waals surface area contributed by atoms with E-state index >= 15 is 0 Å². The molecule has 0 saturated heterocycles. The molecular weight excluding hydrogens is 336 g/mol. The number of carbonyl (C=O) groups excluding carboxylic acids is 1. The normalized spacial score (nSPS) is 12.3. The second-order valence-electron chi connectivity index (χ2n) is 2.85. The van der Waals surface area contributed by atoms with Gasteiger partial charge in [-0.3, -0.25) is 4.79 Å². The zero-order valence-corrected chi connectivity index (χ0v) is 10.8. The number of amides is 1. The van der Waals surface area contributed by atoms with E-state index in [1.165, 1.54) is 0 Å². The van der Waals surface area contributed by atoms with Gasteiger partial charge in [0, 0.05) is 6.07 Å². The van der Waals surface area contributed by atoms with Gasteiger partial charge >= 0.3 is 0 Å². The van der Waals surface area contributed by atoms with Crippen LogP contribution in [0.5, 0.6) is 0 Å². The molecule has 6 heteroatoms. The number of anilines is 1. The van der Waals surface area contributed by atoms with Crippen molar-refractivity contribution in [1.82, 2.24) is 0 Å². The van der Waals surface area contributed by atoms with Crippen molar-refractivity contribution in [2.75, 3.05) is 5.32 Å². The fourth-order valence-corrected chi connectivity index (χ4v) is 1.28. The quantitative estimate of drug-likeness (QED) is 0.647. The third-order valence-corrected chi connectivity index (χ3v) is 2.65. The molecule has 82 valence electrons. The first kappa shape index (κ1) is 12.6. The van der Waals surface area contributed by atoms with E-state index in [0.717, 1.165) is 12.1 Å². The second-order valence-corrected chi connectivity index (χ2v) is 5.08. The van der Waals surface area contributed by atoms with Crippen molar-refractivity contribution in [3.8, 4) is 0 Å². The minimum Gasteiger partial charge on any atom is -0.323 e. The van der Waals surface area contributed by atoms with Gasteiger partial charge in [0.05, 0.1) is 15.0 Å². The summed E-state index contributed by atoms with van der Waals surface area (Å²) >= 11 is 5.86. The Morgan fingerprint density at radius 1 is 1.40 bits per heavy atom. The first-order chi connectivity index (χ1) is 6.91. The van der Waals surface area contributed by atoms with Crippen LogP contribution < -0.4 is 5.32 Å². The van der Waals surface area contributed by atoms with Gasteiger partial charge in [0.15, 0.2) is 0 Å². The SMILES string of the molecule is CC(Br)C(=O)Nc1cc(F)c(Br)cc1F. The van der Waals surface area contributed by atoms with Crippen LogP contribution in [0.1, 0.15) is 6.92 Å². The summed E-state index contributed by atoms with van der Waals surface area (Å²) < 4.78 is 26.3. The summed E-state index contributed by atoms with van der Waals surface area (Å²) in [6.07, 6.45) is 0. The van der Waals surface area contributed by atoms with Crippen LogP contribution in [-0.4, -0.2) is 10.7 Å². The van der Waals surface area contributed by atoms with Crippen LogP contribution in [0.3, 0.4) is 0 Å². The Morgan fingerprint density at radius 2 is 2.00 bits per heavy atom. The fourth-order valence-electron chi connectivity index (χ4n) is 0.851. The Balaban J connectivity index is 2.96. The lowest BCUT2D eigenvalue weighted by Crippen LogP contribution is -2.20. The van der Waals surface area contributed by atoms with Gasteiger partial charge in [-0.05, 0) is 28.9 Å². The molecule has 0 fully saturated rings. The van der Waals surface area contributed by atoms with Crippen LogP contribution in [-0.2, 0) is 4.79 Å². The highest BCUT2D eigenvalue weighted by Gasteiger charge is 2.13. The molecule has 1 N–H and O–H groups in total. The molecule has 0 radical (unpaired) electrons. The summed E-state index contributed by atoms with van der Waals surface area (Å²) in [7, 11) is 0. The van der Waals surface area contributed by atoms with Gasteiger partial charge in [-0.2, -0.15) is 0 Å². The van der Waals surface area contributed by atoms with Crippen molar-refractivity contribution in [3.63, 3.8) is 0 Å². The van der Waals surface area contributed by atoms with E-state index in [0.29, 0.717) is 0 Å². The maximum Gasteiger partial charge on any atom is 0.237 e. The van der Waals surface area contributed by atoms with Gasteiger partial charge in [0.25, 0.3) is 0 Å². The predicted octanol–water partition coefficient (Wildman–Crippen LogP) is 3.45. The molecule has 0 heterocycles. The molecular formula is C9H7Br2F2NO. The van der Waals surface area contributed by atoms with E-state index in [2.05, 4.69) is 37.2 Å². The monoisotopic (exact) mass is 341 g/mol. The first-order valence-electron chi connectivity index (χ1n) is 4.01. The van der Waals surface area contributed by atoms with Gasteiger partial charge in [-0.25, -0.2) is 8.78 Å². The van der Waals surface area contributed by atoms with Gasteiger partial charge in [0.1, 0.15) is 11.6 Å². The zero-order valence-electron chi connectivity index (χ0n) is 7.65. The molecule has 0 spiro atoms. The number of hydrogen-bond acceptors (Lipinski definition) is 1. The molecule has 0 aliphatic heterocycles. The largest absolute Gasteiger partial charge is 0.323 e. The highest BCUT2D eigenvalue weighted by Crippen LogP contribution is 2.23. The average molecular weight is 343 g/mol. The molecule has 15 heavy (non-hydrogen) atoms. The van der Waals surface area contributed by atoms with Crippen molar-refractivity contribution >= 4 is 43.5 Å². The van der Waals surface area contributed by atoms with Gasteiger partial charge in [-0.15, -0.1) is 0 Å². The van der Waals surface area contributed by atoms with E-state index in [4.69, 9.17) is 0 Å². The maximum atomic E-state index is 13.2. The molecule has 1 amide bonds. The topological polar surface area (TPSA) is 29.1 Å². The summed E-state index contributed by atoms with van der Waals surface area (Å²) in [5, 5.41) is 2.26. The smallest absolute Gasteiger partial charge is 0.237 e. The molecule has 1 unspecified atom stereocenters. The molecule has 1 aromatic rings. The predicted molar refractivity (Wildman–Crippen MR) is 61.1 cm³/mol. The van der Waals surface area contributed by atoms with Crippen LogP contribution in [0, 0.1) is 11.6 Å². The molecule has 2 nitrogen and oxygen atoms in total. The maximum absolute atomic E-state index is 13.2. The highest BCUT2D eigenvalue weighted by molar-refractivity contribution is 9.10. The molecule has 0 aromatic heterocycles. The molecule has 1 atom stereocenters. The van der Waals surface area contributed by atoms with E-state index in [-0.39, 0.29) is 10.2 Å². The standard InChI is InChI=1S/C9H7Br2F2NO/c1-4(10)9(15)14-8-3-6(12)5(11)2-7(8)13/h2-4H,1H3,(H,14,15). The first-order valence-corrected chi connectivity index (χ1v) is 5.72. The van der Waals surface area contributed by atoms with Crippen molar-refractivity contribution in [2.45, 2.75) is 11.8 Å². The van der Waals surface area contributed by atoms with Gasteiger partial charge in [-0.1, -0.05) is 15.9 Å². The Morgan fingerprint density at radius 3 is 2.53 bits per heavy atom. The van der Waals surface area contributed by atoms with Crippen molar-refractivity contribution in [1.29, 1.82) is 0 Å². The lowest BCUT2D eigenvalue weighted by Gasteiger charge is -2.08. The summed E-state index contributed by atoms with van der Waals surface area (Å²) in [5.74, 6) is -1.76. The number of hydrogen-bond donors (Lipinski definition) is 1. The number of carbonyl (C=O) groups is 1. The molecule has 1 rings (SSSR count). The Labute approximate surface area is 102 Å². The van der Waals surface area contributed by atoms with Crippen LogP contribution in [0.25, 0.3) is 0 Å². The molecule has 0 bridgehead atoms. The number of benzene rings is 1. The molecule has 0 aliphatic carbocycles. The average Bonchev–Trinajstić information content (AvgIpc) is 2.13. The number of nitrogens with one attached hydrogen (secondary N) is 1. The Hall–Kier alpha value is -0.490. The number of rotatable bonds is 2. The summed E-state index contributed by atoms with van der Waals surface area (Å²) in [6.45, 7) is 1.59. The minimum absolute atomic E-state index is 0.0184. The summed E-state index contributed by atoms with van der Waals surface area (Å²) in [5.41, 5.74) is -0.174. The van der Waals surface area contributed by atoms with E-state index < -0.39 is 22.4 Å². The number of halogens is 4. The van der Waals surface area contributed by atoms with Gasteiger partial charge < -0.3 is 5.32 Å². The van der Waals surface area contributed by atoms with Crippen molar-refractivity contribution < 1.29 is 13.6 Å².